The first-order valence-electron chi connectivity index (χ1n) is 6.29. The maximum atomic E-state index is 11.9. The van der Waals surface area contributed by atoms with E-state index in [-0.39, 0.29) is 6.03 Å². The summed E-state index contributed by atoms with van der Waals surface area (Å²) in [6.45, 7) is 7.14. The summed E-state index contributed by atoms with van der Waals surface area (Å²) in [6.07, 6.45) is 2.21. The van der Waals surface area contributed by atoms with Gasteiger partial charge in [0.2, 0.25) is 0 Å². The van der Waals surface area contributed by atoms with Gasteiger partial charge < -0.3 is 15.1 Å². The summed E-state index contributed by atoms with van der Waals surface area (Å²) in [4.78, 5) is 15.5. The zero-order valence-electron chi connectivity index (χ0n) is 11.0. The third kappa shape index (κ3) is 3.11. The van der Waals surface area contributed by atoms with E-state index in [0.29, 0.717) is 12.0 Å². The van der Waals surface area contributed by atoms with Gasteiger partial charge in [0.1, 0.15) is 0 Å². The van der Waals surface area contributed by atoms with Crippen LogP contribution in [-0.4, -0.2) is 55.6 Å². The van der Waals surface area contributed by atoms with Crippen LogP contribution in [0.1, 0.15) is 26.7 Å². The van der Waals surface area contributed by atoms with Crippen molar-refractivity contribution >= 4 is 6.03 Å². The Bertz CT molecular complexity index is 230. The molecule has 2 unspecified atom stereocenters. The summed E-state index contributed by atoms with van der Waals surface area (Å²) in [6, 6.07) is 0.731. The molecule has 0 radical (unpaired) electrons. The highest BCUT2D eigenvalue weighted by Crippen LogP contribution is 2.20. The number of carbonyl (C=O) groups is 1. The second-order valence-electron chi connectivity index (χ2n) is 4.74. The standard InChI is InChI=1S/C12H25N3O/c1-5-10-9-15(12(16)14(3)4)8-7-11(10)13-6-2/h10-11,13H,5-9H2,1-4H3. The van der Waals surface area contributed by atoms with Crippen molar-refractivity contribution in [2.24, 2.45) is 5.92 Å². The summed E-state index contributed by atoms with van der Waals surface area (Å²) in [7, 11) is 3.64. The second kappa shape index (κ2) is 6.09. The molecular formula is C12H25N3O. The maximum absolute atomic E-state index is 11.9. The van der Waals surface area contributed by atoms with Crippen LogP contribution in [0.5, 0.6) is 0 Å². The topological polar surface area (TPSA) is 35.6 Å². The Kier molecular flexibility index (Phi) is 5.06. The molecule has 2 atom stereocenters. The fourth-order valence-corrected chi connectivity index (χ4v) is 2.43. The Morgan fingerprint density at radius 1 is 1.44 bits per heavy atom. The fraction of sp³-hybridized carbons (Fsp3) is 0.917. The van der Waals surface area contributed by atoms with E-state index in [1.165, 1.54) is 0 Å². The predicted molar refractivity (Wildman–Crippen MR) is 66.5 cm³/mol. The zero-order chi connectivity index (χ0) is 12.1. The SMILES string of the molecule is CCNC1CCN(C(=O)N(C)C)CC1CC. The molecule has 2 amide bonds. The van der Waals surface area contributed by atoms with Crippen molar-refractivity contribution in [2.45, 2.75) is 32.7 Å². The molecule has 4 nitrogen and oxygen atoms in total. The summed E-state index contributed by atoms with van der Waals surface area (Å²) in [5, 5.41) is 3.52. The average molecular weight is 227 g/mol. The molecule has 0 aromatic heterocycles. The zero-order valence-corrected chi connectivity index (χ0v) is 11.0. The molecule has 0 aromatic carbocycles. The van der Waals surface area contributed by atoms with E-state index in [2.05, 4.69) is 19.2 Å². The van der Waals surface area contributed by atoms with Crippen molar-refractivity contribution < 1.29 is 4.79 Å². The smallest absolute Gasteiger partial charge is 0.319 e. The van der Waals surface area contributed by atoms with Gasteiger partial charge in [-0.05, 0) is 18.9 Å². The van der Waals surface area contributed by atoms with Gasteiger partial charge in [0.05, 0.1) is 0 Å². The van der Waals surface area contributed by atoms with Crippen LogP contribution in [0.3, 0.4) is 0 Å². The van der Waals surface area contributed by atoms with Gasteiger partial charge in [-0.25, -0.2) is 4.79 Å². The Hall–Kier alpha value is -0.770. The van der Waals surface area contributed by atoms with E-state index in [1.807, 2.05) is 19.0 Å². The van der Waals surface area contributed by atoms with Crippen LogP contribution in [0.15, 0.2) is 0 Å². The number of amides is 2. The second-order valence-corrected chi connectivity index (χ2v) is 4.74. The highest BCUT2D eigenvalue weighted by molar-refractivity contribution is 5.73. The van der Waals surface area contributed by atoms with E-state index in [4.69, 9.17) is 0 Å². The first kappa shape index (κ1) is 13.3. The number of nitrogens with zero attached hydrogens (tertiary/aromatic N) is 2. The summed E-state index contributed by atoms with van der Waals surface area (Å²) in [5.74, 6) is 0.595. The van der Waals surface area contributed by atoms with Crippen molar-refractivity contribution in [2.75, 3.05) is 33.7 Å². The molecule has 0 aliphatic carbocycles. The van der Waals surface area contributed by atoms with Gasteiger partial charge in [0, 0.05) is 33.2 Å². The van der Waals surface area contributed by atoms with Crippen LogP contribution in [0.2, 0.25) is 0 Å². The van der Waals surface area contributed by atoms with E-state index in [1.54, 1.807) is 4.90 Å². The number of hydrogen-bond donors (Lipinski definition) is 1. The van der Waals surface area contributed by atoms with Crippen LogP contribution in [-0.2, 0) is 0 Å². The molecule has 0 spiro atoms. The molecule has 94 valence electrons. The average Bonchev–Trinajstić information content (AvgIpc) is 2.29. The summed E-state index contributed by atoms with van der Waals surface area (Å²) >= 11 is 0. The number of likely N-dealkylation sites (tertiary alicyclic amines) is 1. The molecule has 16 heavy (non-hydrogen) atoms. The molecule has 1 aliphatic rings. The molecule has 0 aromatic rings. The molecule has 0 saturated carbocycles. The molecule has 4 heteroatoms. The van der Waals surface area contributed by atoms with E-state index >= 15 is 0 Å². The van der Waals surface area contributed by atoms with Gasteiger partial charge in [-0.15, -0.1) is 0 Å². The van der Waals surface area contributed by atoms with Crippen molar-refractivity contribution in [3.05, 3.63) is 0 Å². The highest BCUT2D eigenvalue weighted by Gasteiger charge is 2.30. The van der Waals surface area contributed by atoms with Crippen molar-refractivity contribution in [3.63, 3.8) is 0 Å². The van der Waals surface area contributed by atoms with Gasteiger partial charge >= 0.3 is 6.03 Å². The first-order valence-corrected chi connectivity index (χ1v) is 6.29. The molecule has 1 heterocycles. The number of carbonyl (C=O) groups excluding carboxylic acids is 1. The van der Waals surface area contributed by atoms with Crippen LogP contribution in [0, 0.1) is 5.92 Å². The Morgan fingerprint density at radius 3 is 2.62 bits per heavy atom. The number of piperidine rings is 1. The number of urea groups is 1. The molecule has 1 fully saturated rings. The highest BCUT2D eigenvalue weighted by atomic mass is 16.2. The van der Waals surface area contributed by atoms with Crippen molar-refractivity contribution in [1.29, 1.82) is 0 Å². The molecule has 1 saturated heterocycles. The maximum Gasteiger partial charge on any atom is 0.319 e. The van der Waals surface area contributed by atoms with E-state index < -0.39 is 0 Å². The van der Waals surface area contributed by atoms with Gasteiger partial charge in [-0.1, -0.05) is 20.3 Å². The predicted octanol–water partition coefficient (Wildman–Crippen LogP) is 1.38. The lowest BCUT2D eigenvalue weighted by molar-refractivity contribution is 0.124. The van der Waals surface area contributed by atoms with Crippen LogP contribution >= 0.6 is 0 Å². The van der Waals surface area contributed by atoms with Gasteiger partial charge in [-0.2, -0.15) is 0 Å². The number of rotatable bonds is 3. The minimum atomic E-state index is 0.147. The lowest BCUT2D eigenvalue weighted by atomic mass is 9.90. The van der Waals surface area contributed by atoms with Gasteiger partial charge in [0.25, 0.3) is 0 Å². The van der Waals surface area contributed by atoms with Crippen molar-refractivity contribution in [1.82, 2.24) is 15.1 Å². The Morgan fingerprint density at radius 2 is 2.12 bits per heavy atom. The van der Waals surface area contributed by atoms with Gasteiger partial charge in [0.15, 0.2) is 0 Å². The number of hydrogen-bond acceptors (Lipinski definition) is 2. The minimum Gasteiger partial charge on any atom is -0.331 e. The van der Waals surface area contributed by atoms with E-state index in [9.17, 15) is 4.79 Å². The monoisotopic (exact) mass is 227 g/mol. The van der Waals surface area contributed by atoms with Crippen LogP contribution < -0.4 is 5.32 Å². The minimum absolute atomic E-state index is 0.147. The molecule has 1 aliphatic heterocycles. The third-order valence-electron chi connectivity index (χ3n) is 3.38. The normalized spacial score (nSPS) is 25.6. The quantitative estimate of drug-likeness (QED) is 0.790. The van der Waals surface area contributed by atoms with Gasteiger partial charge in [-0.3, -0.25) is 0 Å². The molecular weight excluding hydrogens is 202 g/mol. The van der Waals surface area contributed by atoms with Crippen LogP contribution in [0.25, 0.3) is 0 Å². The summed E-state index contributed by atoms with van der Waals surface area (Å²) < 4.78 is 0. The molecule has 1 rings (SSSR count). The molecule has 1 N–H and O–H groups in total. The first-order chi connectivity index (χ1) is 7.60. The lowest BCUT2D eigenvalue weighted by Crippen LogP contribution is -2.52. The summed E-state index contributed by atoms with van der Waals surface area (Å²) in [5.41, 5.74) is 0. The molecule has 0 bridgehead atoms. The Labute approximate surface area is 99.0 Å². The fourth-order valence-electron chi connectivity index (χ4n) is 2.43. The third-order valence-corrected chi connectivity index (χ3v) is 3.38. The Balaban J connectivity index is 2.55. The van der Waals surface area contributed by atoms with Crippen LogP contribution in [0.4, 0.5) is 4.79 Å². The lowest BCUT2D eigenvalue weighted by Gasteiger charge is -2.39. The van der Waals surface area contributed by atoms with Crippen molar-refractivity contribution in [3.8, 4) is 0 Å². The number of nitrogens with one attached hydrogen (secondary N) is 1. The largest absolute Gasteiger partial charge is 0.331 e. The van der Waals surface area contributed by atoms with E-state index in [0.717, 1.165) is 32.5 Å².